The van der Waals surface area contributed by atoms with E-state index in [4.69, 9.17) is 5.73 Å². The van der Waals surface area contributed by atoms with Gasteiger partial charge in [0.05, 0.1) is 25.0 Å². The van der Waals surface area contributed by atoms with Crippen molar-refractivity contribution in [1.29, 1.82) is 0 Å². The fraction of sp³-hybridized carbons (Fsp3) is 0.462. The molecule has 2 rings (SSSR count). The van der Waals surface area contributed by atoms with Crippen LogP contribution in [-0.2, 0) is 26.0 Å². The number of anilines is 2. The first-order valence-corrected chi connectivity index (χ1v) is 8.00. The van der Waals surface area contributed by atoms with Crippen LogP contribution in [0.2, 0.25) is 0 Å². The summed E-state index contributed by atoms with van der Waals surface area (Å²) in [5.41, 5.74) is 7.85. The Morgan fingerprint density at radius 2 is 2.20 bits per heavy atom. The number of rotatable bonds is 4. The molecule has 0 atom stereocenters. The van der Waals surface area contributed by atoms with Crippen LogP contribution in [0.5, 0.6) is 0 Å². The number of nitrogen functional groups attached to an aromatic ring is 1. The van der Waals surface area contributed by atoms with E-state index in [0.29, 0.717) is 17.9 Å². The van der Waals surface area contributed by atoms with Crippen molar-refractivity contribution in [3.63, 3.8) is 0 Å². The zero-order chi connectivity index (χ0) is 14.8. The first-order valence-electron chi connectivity index (χ1n) is 6.39. The molecule has 110 valence electrons. The summed E-state index contributed by atoms with van der Waals surface area (Å²) in [6.07, 6.45) is 1.44. The Morgan fingerprint density at radius 1 is 1.45 bits per heavy atom. The van der Waals surface area contributed by atoms with E-state index >= 15 is 0 Å². The number of benzene rings is 1. The number of fused-ring (bicyclic) bond motifs is 1. The van der Waals surface area contributed by atoms with Crippen LogP contribution in [0.3, 0.4) is 0 Å². The number of carbonyl (C=O) groups excluding carboxylic acids is 1. The van der Waals surface area contributed by atoms with Crippen molar-refractivity contribution in [2.24, 2.45) is 0 Å². The Labute approximate surface area is 118 Å². The molecule has 0 bridgehead atoms. The van der Waals surface area contributed by atoms with Crippen LogP contribution in [-0.4, -0.2) is 33.8 Å². The van der Waals surface area contributed by atoms with Crippen LogP contribution in [0.1, 0.15) is 18.4 Å². The van der Waals surface area contributed by atoms with Gasteiger partial charge in [0, 0.05) is 12.2 Å². The van der Waals surface area contributed by atoms with Crippen molar-refractivity contribution in [3.05, 3.63) is 23.8 Å². The van der Waals surface area contributed by atoms with Gasteiger partial charge in [-0.05, 0) is 30.5 Å². The van der Waals surface area contributed by atoms with Gasteiger partial charge >= 0.3 is 5.97 Å². The highest BCUT2D eigenvalue weighted by Crippen LogP contribution is 2.31. The predicted molar refractivity (Wildman–Crippen MR) is 76.9 cm³/mol. The van der Waals surface area contributed by atoms with Crippen LogP contribution in [0.25, 0.3) is 0 Å². The Bertz CT molecular complexity index is 613. The van der Waals surface area contributed by atoms with E-state index in [9.17, 15) is 13.2 Å². The molecule has 1 heterocycles. The van der Waals surface area contributed by atoms with Gasteiger partial charge < -0.3 is 10.5 Å². The van der Waals surface area contributed by atoms with Crippen molar-refractivity contribution in [1.82, 2.24) is 0 Å². The largest absolute Gasteiger partial charge is 0.469 e. The van der Waals surface area contributed by atoms with Gasteiger partial charge in [0.25, 0.3) is 0 Å². The zero-order valence-electron chi connectivity index (χ0n) is 11.3. The molecular formula is C13H18N2O4S. The fourth-order valence-electron chi connectivity index (χ4n) is 2.27. The number of nitrogens with zero attached hydrogens (tertiary/aromatic N) is 1. The SMILES string of the molecule is COC(=O)CCS(=O)(=O)N1CCCc2ccc(N)cc21. The average Bonchev–Trinajstić information content (AvgIpc) is 2.44. The molecular weight excluding hydrogens is 280 g/mol. The van der Waals surface area contributed by atoms with E-state index in [1.165, 1.54) is 11.4 Å². The number of methoxy groups -OCH3 is 1. The number of hydrogen-bond donors (Lipinski definition) is 1. The van der Waals surface area contributed by atoms with Gasteiger partial charge in [-0.2, -0.15) is 0 Å². The summed E-state index contributed by atoms with van der Waals surface area (Å²) in [5, 5.41) is 0. The number of carbonyl (C=O) groups is 1. The van der Waals surface area contributed by atoms with E-state index in [0.717, 1.165) is 18.4 Å². The smallest absolute Gasteiger partial charge is 0.306 e. The predicted octanol–water partition coefficient (Wildman–Crippen LogP) is 0.914. The number of hydrogen-bond acceptors (Lipinski definition) is 5. The van der Waals surface area contributed by atoms with Crippen LogP contribution >= 0.6 is 0 Å². The van der Waals surface area contributed by atoms with Crippen molar-refractivity contribution < 1.29 is 17.9 Å². The molecule has 1 aliphatic heterocycles. The Morgan fingerprint density at radius 3 is 2.90 bits per heavy atom. The van der Waals surface area contributed by atoms with E-state index in [1.807, 2.05) is 6.07 Å². The standard InChI is InChI=1S/C13H18N2O4S/c1-19-13(16)6-8-20(17,18)15-7-2-3-10-4-5-11(14)9-12(10)15/h4-5,9H,2-3,6-8,14H2,1H3. The minimum atomic E-state index is -3.54. The van der Waals surface area contributed by atoms with E-state index in [2.05, 4.69) is 4.74 Å². The van der Waals surface area contributed by atoms with Crippen molar-refractivity contribution >= 4 is 27.4 Å². The van der Waals surface area contributed by atoms with Crippen LogP contribution < -0.4 is 10.0 Å². The van der Waals surface area contributed by atoms with E-state index < -0.39 is 16.0 Å². The molecule has 7 heteroatoms. The molecule has 0 aliphatic carbocycles. The Kier molecular flexibility index (Phi) is 4.17. The van der Waals surface area contributed by atoms with Gasteiger partial charge in [-0.15, -0.1) is 0 Å². The summed E-state index contributed by atoms with van der Waals surface area (Å²) in [6, 6.07) is 5.29. The molecule has 0 spiro atoms. The molecule has 0 saturated carbocycles. The van der Waals surface area contributed by atoms with Crippen LogP contribution in [0, 0.1) is 0 Å². The maximum Gasteiger partial charge on any atom is 0.306 e. The number of aryl methyl sites for hydroxylation is 1. The normalized spacial score (nSPS) is 14.8. The summed E-state index contributed by atoms with van der Waals surface area (Å²) < 4.78 is 30.5. The molecule has 0 amide bonds. The summed E-state index contributed by atoms with van der Waals surface area (Å²) in [5.74, 6) is -0.785. The number of nitrogens with two attached hydrogens (primary N) is 1. The van der Waals surface area contributed by atoms with Gasteiger partial charge in [-0.25, -0.2) is 8.42 Å². The fourth-order valence-corrected chi connectivity index (χ4v) is 3.79. The highest BCUT2D eigenvalue weighted by atomic mass is 32.2. The summed E-state index contributed by atoms with van der Waals surface area (Å²) in [7, 11) is -2.30. The first kappa shape index (κ1) is 14.6. The lowest BCUT2D eigenvalue weighted by atomic mass is 10.0. The molecule has 2 N–H and O–H groups in total. The van der Waals surface area contributed by atoms with Gasteiger partial charge in [0.15, 0.2) is 0 Å². The molecule has 0 radical (unpaired) electrons. The lowest BCUT2D eigenvalue weighted by Gasteiger charge is -2.30. The van der Waals surface area contributed by atoms with Gasteiger partial charge in [-0.3, -0.25) is 9.10 Å². The first-order chi connectivity index (χ1) is 9.44. The molecule has 0 aromatic heterocycles. The summed E-state index contributed by atoms with van der Waals surface area (Å²) in [4.78, 5) is 11.1. The lowest BCUT2D eigenvalue weighted by molar-refractivity contribution is -0.140. The van der Waals surface area contributed by atoms with Crippen LogP contribution in [0.15, 0.2) is 18.2 Å². The van der Waals surface area contributed by atoms with Gasteiger partial charge in [0.2, 0.25) is 10.0 Å². The highest BCUT2D eigenvalue weighted by molar-refractivity contribution is 7.92. The number of sulfonamides is 1. The molecule has 6 nitrogen and oxygen atoms in total. The molecule has 1 aliphatic rings. The van der Waals surface area contributed by atoms with E-state index in [1.54, 1.807) is 12.1 Å². The number of esters is 1. The average molecular weight is 298 g/mol. The van der Waals surface area contributed by atoms with E-state index in [-0.39, 0.29) is 12.2 Å². The van der Waals surface area contributed by atoms with Crippen LogP contribution in [0.4, 0.5) is 11.4 Å². The van der Waals surface area contributed by atoms with Crippen molar-refractivity contribution in [2.75, 3.05) is 29.4 Å². The Balaban J connectivity index is 2.26. The topological polar surface area (TPSA) is 89.7 Å². The molecule has 0 unspecified atom stereocenters. The molecule has 0 fully saturated rings. The quantitative estimate of drug-likeness (QED) is 0.659. The highest BCUT2D eigenvalue weighted by Gasteiger charge is 2.28. The minimum absolute atomic E-state index is 0.146. The Hall–Kier alpha value is -1.76. The molecule has 1 aromatic rings. The maximum absolute atomic E-state index is 12.4. The lowest BCUT2D eigenvalue weighted by Crippen LogP contribution is -2.37. The molecule has 1 aromatic carbocycles. The van der Waals surface area contributed by atoms with Crippen molar-refractivity contribution in [3.8, 4) is 0 Å². The molecule has 20 heavy (non-hydrogen) atoms. The third-order valence-corrected chi connectivity index (χ3v) is 5.08. The van der Waals surface area contributed by atoms with Gasteiger partial charge in [0.1, 0.15) is 0 Å². The monoisotopic (exact) mass is 298 g/mol. The molecule has 0 saturated heterocycles. The van der Waals surface area contributed by atoms with Gasteiger partial charge in [-0.1, -0.05) is 6.07 Å². The zero-order valence-corrected chi connectivity index (χ0v) is 12.1. The second-order valence-corrected chi connectivity index (χ2v) is 6.72. The third-order valence-electron chi connectivity index (χ3n) is 3.31. The summed E-state index contributed by atoms with van der Waals surface area (Å²) in [6.45, 7) is 0.417. The number of ether oxygens (including phenoxy) is 1. The van der Waals surface area contributed by atoms with Crippen molar-refractivity contribution in [2.45, 2.75) is 19.3 Å². The maximum atomic E-state index is 12.4. The second-order valence-electron chi connectivity index (χ2n) is 4.71. The second kappa shape index (κ2) is 5.70. The minimum Gasteiger partial charge on any atom is -0.469 e. The third kappa shape index (κ3) is 3.04. The summed E-state index contributed by atoms with van der Waals surface area (Å²) >= 11 is 0.